The molecule has 1 aliphatic rings. The first-order valence-electron chi connectivity index (χ1n) is 7.36. The summed E-state index contributed by atoms with van der Waals surface area (Å²) in [6.07, 6.45) is 1.54. The molecular weight excluding hydrogens is 342 g/mol. The van der Waals surface area contributed by atoms with Crippen molar-refractivity contribution in [3.63, 3.8) is 0 Å². The Labute approximate surface area is 144 Å². The number of nitrogens with two attached hydrogens (primary N) is 1. The Bertz CT molecular complexity index is 979. The number of benzene rings is 2. The third-order valence-electron chi connectivity index (χ3n) is 3.74. The summed E-state index contributed by atoms with van der Waals surface area (Å²) in [5, 5.41) is 10.3. The van der Waals surface area contributed by atoms with Gasteiger partial charge < -0.3 is 5.32 Å². The van der Waals surface area contributed by atoms with Crippen molar-refractivity contribution in [1.29, 1.82) is 0 Å². The van der Waals surface area contributed by atoms with Crippen LogP contribution in [0.15, 0.2) is 59.6 Å². The van der Waals surface area contributed by atoms with Gasteiger partial charge in [0.2, 0.25) is 10.0 Å². The fraction of sp³-hybridized carbons (Fsp3) is 0.0588. The van der Waals surface area contributed by atoms with Gasteiger partial charge in [0.25, 0.3) is 11.8 Å². The van der Waals surface area contributed by atoms with Crippen molar-refractivity contribution in [2.24, 2.45) is 5.14 Å². The van der Waals surface area contributed by atoms with Gasteiger partial charge >= 0.3 is 0 Å². The molecule has 0 spiro atoms. The minimum atomic E-state index is -3.72. The van der Waals surface area contributed by atoms with E-state index in [0.717, 1.165) is 5.56 Å². The molecule has 2 aromatic carbocycles. The third-order valence-corrected chi connectivity index (χ3v) is 4.67. The summed E-state index contributed by atoms with van der Waals surface area (Å²) >= 11 is 0. The van der Waals surface area contributed by atoms with E-state index in [0.29, 0.717) is 23.2 Å². The number of carbonyl (C=O) groups is 2. The Balaban J connectivity index is 1.77. The number of sulfonamides is 1. The number of amides is 2. The van der Waals surface area contributed by atoms with Crippen LogP contribution in [0.4, 0.5) is 0 Å². The van der Waals surface area contributed by atoms with E-state index in [4.69, 9.17) is 5.14 Å². The van der Waals surface area contributed by atoms with Crippen LogP contribution in [0.3, 0.4) is 0 Å². The Morgan fingerprint density at radius 3 is 2.24 bits per heavy atom. The van der Waals surface area contributed by atoms with Gasteiger partial charge in [-0.1, -0.05) is 30.3 Å². The zero-order chi connectivity index (χ0) is 18.0. The minimum absolute atomic E-state index is 0.0358. The maximum absolute atomic E-state index is 12.0. The molecule has 0 aliphatic carbocycles. The van der Waals surface area contributed by atoms with Crippen molar-refractivity contribution < 1.29 is 18.0 Å². The first-order valence-corrected chi connectivity index (χ1v) is 8.91. The maximum Gasteiger partial charge on any atom is 0.260 e. The summed E-state index contributed by atoms with van der Waals surface area (Å²) in [7, 11) is -3.72. The molecule has 0 radical (unpaired) electrons. The summed E-state index contributed by atoms with van der Waals surface area (Å²) in [6.45, 7) is 0.373. The number of primary sulfonamides is 1. The van der Waals surface area contributed by atoms with Gasteiger partial charge in [-0.15, -0.1) is 0 Å². The lowest BCUT2D eigenvalue weighted by Crippen LogP contribution is -2.36. The average molecular weight is 357 g/mol. The molecule has 0 saturated heterocycles. The zero-order valence-corrected chi connectivity index (χ0v) is 13.8. The molecule has 4 N–H and O–H groups in total. The Morgan fingerprint density at radius 2 is 1.60 bits per heavy atom. The van der Waals surface area contributed by atoms with Crippen molar-refractivity contribution in [3.05, 3.63) is 71.4 Å². The Kier molecular flexibility index (Phi) is 4.39. The van der Waals surface area contributed by atoms with Gasteiger partial charge in [-0.3, -0.25) is 14.9 Å². The highest BCUT2D eigenvalue weighted by Gasteiger charge is 2.26. The van der Waals surface area contributed by atoms with Crippen LogP contribution in [0.5, 0.6) is 0 Å². The van der Waals surface area contributed by atoms with Gasteiger partial charge in [0.05, 0.1) is 10.5 Å². The highest BCUT2D eigenvalue weighted by molar-refractivity contribution is 7.89. The summed E-state index contributed by atoms with van der Waals surface area (Å²) in [5.74, 6) is -0.892. The third kappa shape index (κ3) is 3.59. The maximum atomic E-state index is 12.0. The molecule has 2 amide bonds. The van der Waals surface area contributed by atoms with Crippen molar-refractivity contribution in [2.45, 2.75) is 11.4 Å². The predicted octanol–water partition coefficient (Wildman–Crippen LogP) is 0.735. The molecule has 2 aromatic rings. The van der Waals surface area contributed by atoms with Crippen LogP contribution in [0.1, 0.15) is 21.5 Å². The molecule has 128 valence electrons. The summed E-state index contributed by atoms with van der Waals surface area (Å²) < 4.78 is 22.4. The van der Waals surface area contributed by atoms with Crippen LogP contribution >= 0.6 is 0 Å². The molecule has 0 atom stereocenters. The molecule has 0 unspecified atom stereocenters. The quantitative estimate of drug-likeness (QED) is 0.551. The number of hydrogen-bond donors (Lipinski definition) is 3. The number of fused-ring (bicyclic) bond motifs is 1. The van der Waals surface area contributed by atoms with Crippen LogP contribution < -0.4 is 15.8 Å². The Hall–Kier alpha value is -2.97. The van der Waals surface area contributed by atoms with Gasteiger partial charge in [0.15, 0.2) is 0 Å². The van der Waals surface area contributed by atoms with E-state index < -0.39 is 21.8 Å². The second-order valence-electron chi connectivity index (χ2n) is 5.46. The molecule has 0 saturated carbocycles. The van der Waals surface area contributed by atoms with Crippen molar-refractivity contribution >= 4 is 27.4 Å². The number of hydrogen-bond acceptors (Lipinski definition) is 5. The number of carbonyl (C=O) groups excluding carboxylic acids is 2. The Morgan fingerprint density at radius 1 is 0.960 bits per heavy atom. The van der Waals surface area contributed by atoms with E-state index in [9.17, 15) is 18.0 Å². The van der Waals surface area contributed by atoms with E-state index in [1.807, 2.05) is 0 Å². The highest BCUT2D eigenvalue weighted by Crippen LogP contribution is 2.23. The van der Waals surface area contributed by atoms with Gasteiger partial charge in [-0.05, 0) is 23.8 Å². The van der Waals surface area contributed by atoms with Gasteiger partial charge in [0, 0.05) is 23.9 Å². The first kappa shape index (κ1) is 16.9. The molecule has 3 rings (SSSR count). The van der Waals surface area contributed by atoms with Crippen molar-refractivity contribution in [1.82, 2.24) is 10.6 Å². The molecule has 0 fully saturated rings. The van der Waals surface area contributed by atoms with Crippen molar-refractivity contribution in [2.75, 3.05) is 0 Å². The lowest BCUT2D eigenvalue weighted by Gasteiger charge is -2.18. The van der Waals surface area contributed by atoms with E-state index in [-0.39, 0.29) is 4.90 Å². The number of nitrogens with one attached hydrogen (secondary N) is 2. The van der Waals surface area contributed by atoms with E-state index >= 15 is 0 Å². The van der Waals surface area contributed by atoms with Gasteiger partial charge in [-0.2, -0.15) is 0 Å². The SMILES string of the molecule is NS(=O)(=O)c1ccc(CNC=C2C(=O)NC(=O)c3ccccc32)cc1. The average Bonchev–Trinajstić information content (AvgIpc) is 2.57. The van der Waals surface area contributed by atoms with Crippen LogP contribution in [0.25, 0.3) is 5.57 Å². The number of imide groups is 1. The fourth-order valence-electron chi connectivity index (χ4n) is 2.49. The van der Waals surface area contributed by atoms with Crippen LogP contribution in [-0.2, 0) is 21.4 Å². The second kappa shape index (κ2) is 6.50. The summed E-state index contributed by atoms with van der Waals surface area (Å²) in [4.78, 5) is 23.9. The summed E-state index contributed by atoms with van der Waals surface area (Å²) in [5.41, 5.74) is 2.17. The molecular formula is C17H15N3O4S. The first-order chi connectivity index (χ1) is 11.9. The minimum Gasteiger partial charge on any atom is -0.386 e. The molecule has 25 heavy (non-hydrogen) atoms. The number of rotatable bonds is 4. The van der Waals surface area contributed by atoms with Crippen LogP contribution in [0.2, 0.25) is 0 Å². The zero-order valence-electron chi connectivity index (χ0n) is 13.0. The predicted molar refractivity (Wildman–Crippen MR) is 91.5 cm³/mol. The molecule has 1 aliphatic heterocycles. The van der Waals surface area contributed by atoms with E-state index in [1.165, 1.54) is 18.3 Å². The highest BCUT2D eigenvalue weighted by atomic mass is 32.2. The molecule has 0 bridgehead atoms. The monoisotopic (exact) mass is 357 g/mol. The van der Waals surface area contributed by atoms with E-state index in [2.05, 4.69) is 10.6 Å². The standard InChI is InChI=1S/C17H15N3O4S/c18-25(23,24)12-7-5-11(6-8-12)9-19-10-15-13-3-1-2-4-14(13)16(21)20-17(15)22/h1-8,10,19H,9H2,(H2,18,23,24)(H,20,21,22). The van der Waals surface area contributed by atoms with Gasteiger partial charge in [-0.25, -0.2) is 13.6 Å². The molecule has 1 heterocycles. The molecule has 7 nitrogen and oxygen atoms in total. The second-order valence-corrected chi connectivity index (χ2v) is 7.02. The fourth-order valence-corrected chi connectivity index (χ4v) is 3.00. The van der Waals surface area contributed by atoms with Crippen LogP contribution in [0, 0.1) is 0 Å². The van der Waals surface area contributed by atoms with E-state index in [1.54, 1.807) is 36.4 Å². The largest absolute Gasteiger partial charge is 0.386 e. The molecule has 0 aromatic heterocycles. The topological polar surface area (TPSA) is 118 Å². The lowest BCUT2D eigenvalue weighted by molar-refractivity contribution is -0.114. The van der Waals surface area contributed by atoms with Crippen LogP contribution in [-0.4, -0.2) is 20.2 Å². The van der Waals surface area contributed by atoms with Crippen molar-refractivity contribution in [3.8, 4) is 0 Å². The summed E-state index contributed by atoms with van der Waals surface area (Å²) in [6, 6.07) is 12.9. The molecule has 8 heteroatoms. The van der Waals surface area contributed by atoms with Gasteiger partial charge in [0.1, 0.15) is 0 Å². The normalized spacial score (nSPS) is 15.6. The smallest absolute Gasteiger partial charge is 0.260 e. The lowest BCUT2D eigenvalue weighted by atomic mass is 9.96.